The topological polar surface area (TPSA) is 23.8 Å². The molecule has 0 atom stereocenters. The maximum atomic E-state index is 8.82. The summed E-state index contributed by atoms with van der Waals surface area (Å²) in [4.78, 5) is 2.58. The molecule has 0 saturated carbocycles. The van der Waals surface area contributed by atoms with Crippen molar-refractivity contribution in [2.75, 3.05) is 0 Å². The molecule has 2 aromatic rings. The van der Waals surface area contributed by atoms with Crippen LogP contribution in [0.2, 0.25) is 0 Å². The lowest BCUT2D eigenvalue weighted by molar-refractivity contribution is 1.44. The molecule has 0 N–H and O–H groups in total. The highest BCUT2D eigenvalue weighted by molar-refractivity contribution is 7.15. The summed E-state index contributed by atoms with van der Waals surface area (Å²) >= 11 is 1.78. The van der Waals surface area contributed by atoms with Crippen LogP contribution in [0.25, 0.3) is 10.4 Å². The molecular formula is C13H11NS. The highest BCUT2D eigenvalue weighted by Crippen LogP contribution is 2.30. The summed E-state index contributed by atoms with van der Waals surface area (Å²) in [6.07, 6.45) is 0. The predicted octanol–water partition coefficient (Wildman–Crippen LogP) is 3.90. The van der Waals surface area contributed by atoms with Crippen molar-refractivity contribution in [3.05, 3.63) is 46.3 Å². The van der Waals surface area contributed by atoms with Crippen LogP contribution in [0.15, 0.2) is 30.3 Å². The van der Waals surface area contributed by atoms with E-state index in [9.17, 15) is 0 Å². The quantitative estimate of drug-likeness (QED) is 0.704. The molecule has 2 rings (SSSR count). The van der Waals surface area contributed by atoms with E-state index in [4.69, 9.17) is 5.26 Å². The summed E-state index contributed by atoms with van der Waals surface area (Å²) in [5.41, 5.74) is 3.17. The lowest BCUT2D eigenvalue weighted by Gasteiger charge is -1.96. The van der Waals surface area contributed by atoms with Gasteiger partial charge in [-0.3, -0.25) is 0 Å². The first-order valence-electron chi connectivity index (χ1n) is 4.78. The van der Waals surface area contributed by atoms with Gasteiger partial charge < -0.3 is 0 Å². The zero-order valence-electron chi connectivity index (χ0n) is 8.74. The Morgan fingerprint density at radius 1 is 1.20 bits per heavy atom. The van der Waals surface area contributed by atoms with Gasteiger partial charge in [-0.2, -0.15) is 5.26 Å². The van der Waals surface area contributed by atoms with Gasteiger partial charge in [-0.15, -0.1) is 11.3 Å². The van der Waals surface area contributed by atoms with Crippen molar-refractivity contribution in [2.24, 2.45) is 0 Å². The van der Waals surface area contributed by atoms with Gasteiger partial charge in [0.1, 0.15) is 0 Å². The van der Waals surface area contributed by atoms with Gasteiger partial charge in [0.05, 0.1) is 11.6 Å². The van der Waals surface area contributed by atoms with Crippen LogP contribution in [-0.2, 0) is 0 Å². The van der Waals surface area contributed by atoms with Crippen molar-refractivity contribution < 1.29 is 0 Å². The maximum Gasteiger partial charge on any atom is 0.0991 e. The van der Waals surface area contributed by atoms with Gasteiger partial charge in [0.2, 0.25) is 0 Å². The van der Waals surface area contributed by atoms with E-state index in [1.807, 2.05) is 24.3 Å². The van der Waals surface area contributed by atoms with E-state index >= 15 is 0 Å². The van der Waals surface area contributed by atoms with Gasteiger partial charge in [0, 0.05) is 9.75 Å². The van der Waals surface area contributed by atoms with E-state index in [0.717, 1.165) is 11.1 Å². The smallest absolute Gasteiger partial charge is 0.0991 e. The first-order chi connectivity index (χ1) is 7.20. The fourth-order valence-electron chi connectivity index (χ4n) is 1.46. The summed E-state index contributed by atoms with van der Waals surface area (Å²) < 4.78 is 0. The summed E-state index contributed by atoms with van der Waals surface area (Å²) in [7, 11) is 0. The second-order valence-electron chi connectivity index (χ2n) is 3.54. The Bertz CT molecular complexity index is 512. The molecule has 2 heteroatoms. The lowest BCUT2D eigenvalue weighted by atomic mass is 10.1. The Hall–Kier alpha value is -1.59. The molecule has 0 saturated heterocycles. The van der Waals surface area contributed by atoms with E-state index in [-0.39, 0.29) is 0 Å². The number of hydrogen-bond acceptors (Lipinski definition) is 2. The third-order valence-electron chi connectivity index (χ3n) is 2.44. The largest absolute Gasteiger partial charge is 0.192 e. The van der Waals surface area contributed by atoms with Gasteiger partial charge in [-0.05, 0) is 43.2 Å². The van der Waals surface area contributed by atoms with Crippen LogP contribution in [-0.4, -0.2) is 0 Å². The average molecular weight is 213 g/mol. The minimum absolute atomic E-state index is 0.719. The first kappa shape index (κ1) is 9.95. The summed E-state index contributed by atoms with van der Waals surface area (Å²) in [5.74, 6) is 0. The summed E-state index contributed by atoms with van der Waals surface area (Å²) in [6.45, 7) is 4.24. The number of aryl methyl sites for hydroxylation is 2. The van der Waals surface area contributed by atoms with Crippen molar-refractivity contribution in [1.82, 2.24) is 0 Å². The minimum atomic E-state index is 0.719. The SMILES string of the molecule is Cc1cc(-c2cccc(C#N)c2)sc1C. The van der Waals surface area contributed by atoms with Gasteiger partial charge in [-0.1, -0.05) is 12.1 Å². The fourth-order valence-corrected chi connectivity index (χ4v) is 2.49. The molecule has 0 aliphatic carbocycles. The van der Waals surface area contributed by atoms with E-state index in [1.165, 1.54) is 15.3 Å². The van der Waals surface area contributed by atoms with Crippen LogP contribution in [0.4, 0.5) is 0 Å². The van der Waals surface area contributed by atoms with Crippen molar-refractivity contribution in [3.63, 3.8) is 0 Å². The van der Waals surface area contributed by atoms with Gasteiger partial charge in [-0.25, -0.2) is 0 Å². The van der Waals surface area contributed by atoms with Gasteiger partial charge >= 0.3 is 0 Å². The molecule has 74 valence electrons. The van der Waals surface area contributed by atoms with Crippen LogP contribution in [0.5, 0.6) is 0 Å². The normalized spacial score (nSPS) is 9.93. The molecule has 1 aromatic heterocycles. The highest BCUT2D eigenvalue weighted by atomic mass is 32.1. The van der Waals surface area contributed by atoms with Crippen molar-refractivity contribution in [3.8, 4) is 16.5 Å². The monoisotopic (exact) mass is 213 g/mol. The van der Waals surface area contributed by atoms with Crippen LogP contribution in [0, 0.1) is 25.2 Å². The fraction of sp³-hybridized carbons (Fsp3) is 0.154. The molecule has 1 aromatic carbocycles. The standard InChI is InChI=1S/C13H11NS/c1-9-6-13(15-10(9)2)12-5-3-4-11(7-12)8-14/h3-7H,1-2H3. The number of hydrogen-bond donors (Lipinski definition) is 0. The number of thiophene rings is 1. The molecule has 0 fully saturated rings. The molecule has 0 amide bonds. The third-order valence-corrected chi connectivity index (χ3v) is 3.64. The van der Waals surface area contributed by atoms with Crippen molar-refractivity contribution in [2.45, 2.75) is 13.8 Å². The van der Waals surface area contributed by atoms with Gasteiger partial charge in [0.15, 0.2) is 0 Å². The number of rotatable bonds is 1. The maximum absolute atomic E-state index is 8.82. The number of benzene rings is 1. The summed E-state index contributed by atoms with van der Waals surface area (Å²) in [6, 6.07) is 12.1. The molecular weight excluding hydrogens is 202 g/mol. The Morgan fingerprint density at radius 3 is 2.60 bits per heavy atom. The Labute approximate surface area is 93.6 Å². The molecule has 0 spiro atoms. The minimum Gasteiger partial charge on any atom is -0.192 e. The lowest BCUT2D eigenvalue weighted by Crippen LogP contribution is -1.75. The Kier molecular flexibility index (Phi) is 2.57. The number of nitriles is 1. The van der Waals surface area contributed by atoms with Crippen molar-refractivity contribution in [1.29, 1.82) is 5.26 Å². The molecule has 15 heavy (non-hydrogen) atoms. The first-order valence-corrected chi connectivity index (χ1v) is 5.60. The second kappa shape index (κ2) is 3.88. The van der Waals surface area contributed by atoms with Crippen LogP contribution < -0.4 is 0 Å². The Morgan fingerprint density at radius 2 is 2.00 bits per heavy atom. The summed E-state index contributed by atoms with van der Waals surface area (Å²) in [5, 5.41) is 8.82. The van der Waals surface area contributed by atoms with Gasteiger partial charge in [0.25, 0.3) is 0 Å². The molecule has 0 aliphatic rings. The third kappa shape index (κ3) is 1.93. The van der Waals surface area contributed by atoms with E-state index in [0.29, 0.717) is 0 Å². The molecule has 0 aliphatic heterocycles. The second-order valence-corrected chi connectivity index (χ2v) is 4.80. The predicted molar refractivity (Wildman–Crippen MR) is 63.9 cm³/mol. The van der Waals surface area contributed by atoms with Crippen LogP contribution in [0.3, 0.4) is 0 Å². The molecule has 1 nitrogen and oxygen atoms in total. The molecule has 1 heterocycles. The van der Waals surface area contributed by atoms with E-state index in [1.54, 1.807) is 11.3 Å². The molecule has 0 bridgehead atoms. The van der Waals surface area contributed by atoms with Crippen LogP contribution >= 0.6 is 11.3 Å². The highest BCUT2D eigenvalue weighted by Gasteiger charge is 2.04. The van der Waals surface area contributed by atoms with Crippen LogP contribution in [0.1, 0.15) is 16.0 Å². The average Bonchev–Trinajstić information content (AvgIpc) is 2.59. The Balaban J connectivity index is 2.50. The zero-order chi connectivity index (χ0) is 10.8. The number of nitrogens with zero attached hydrogens (tertiary/aromatic N) is 1. The zero-order valence-corrected chi connectivity index (χ0v) is 9.56. The van der Waals surface area contributed by atoms with E-state index < -0.39 is 0 Å². The van der Waals surface area contributed by atoms with E-state index in [2.05, 4.69) is 26.0 Å². The molecule has 0 radical (unpaired) electrons. The van der Waals surface area contributed by atoms with Crippen molar-refractivity contribution >= 4 is 11.3 Å². The molecule has 0 unspecified atom stereocenters.